The fourth-order valence-corrected chi connectivity index (χ4v) is 4.20. The monoisotopic (exact) mass is 269 g/mol. The van der Waals surface area contributed by atoms with Gasteiger partial charge in [-0.25, -0.2) is 8.42 Å². The number of piperidine rings is 1. The molecule has 1 fully saturated rings. The predicted octanol–water partition coefficient (Wildman–Crippen LogP) is 1.60. The van der Waals surface area contributed by atoms with E-state index in [0.717, 1.165) is 12.8 Å². The lowest BCUT2D eigenvalue weighted by Crippen LogP contribution is -2.39. The van der Waals surface area contributed by atoms with Crippen molar-refractivity contribution in [1.82, 2.24) is 4.31 Å². The second kappa shape index (κ2) is 5.38. The van der Waals surface area contributed by atoms with Crippen molar-refractivity contribution in [2.75, 3.05) is 13.1 Å². The highest BCUT2D eigenvalue weighted by Gasteiger charge is 2.29. The summed E-state index contributed by atoms with van der Waals surface area (Å²) < 4.78 is 26.6. The van der Waals surface area contributed by atoms with Gasteiger partial charge in [-0.1, -0.05) is 25.1 Å². The van der Waals surface area contributed by atoms with Gasteiger partial charge in [0.25, 0.3) is 0 Å². The van der Waals surface area contributed by atoms with Crippen LogP contribution in [0.4, 0.5) is 0 Å². The molecule has 1 saturated heterocycles. The highest BCUT2D eigenvalue weighted by Crippen LogP contribution is 2.25. The number of benzene rings is 1. The third-order valence-corrected chi connectivity index (χ3v) is 5.35. The van der Waals surface area contributed by atoms with E-state index in [9.17, 15) is 13.5 Å². The number of rotatable bonds is 3. The average Bonchev–Trinajstić information content (AvgIpc) is 2.38. The molecule has 0 saturated carbocycles. The summed E-state index contributed by atoms with van der Waals surface area (Å²) in [5, 5.41) is 9.25. The van der Waals surface area contributed by atoms with Gasteiger partial charge in [0.15, 0.2) is 0 Å². The Kier molecular flexibility index (Phi) is 4.04. The summed E-state index contributed by atoms with van der Waals surface area (Å²) in [6.45, 7) is 2.97. The first-order valence-electron chi connectivity index (χ1n) is 6.24. The molecule has 1 aliphatic heterocycles. The van der Waals surface area contributed by atoms with Crippen LogP contribution in [0.5, 0.6) is 0 Å². The SMILES string of the molecule is CC1CCCN(S(=O)(=O)c2ccccc2CO)C1. The van der Waals surface area contributed by atoms with Crippen LogP contribution in [0, 0.1) is 5.92 Å². The van der Waals surface area contributed by atoms with Gasteiger partial charge in [-0.05, 0) is 30.4 Å². The summed E-state index contributed by atoms with van der Waals surface area (Å²) in [5.74, 6) is 0.398. The third kappa shape index (κ3) is 2.58. The zero-order chi connectivity index (χ0) is 13.2. The number of sulfonamides is 1. The van der Waals surface area contributed by atoms with Crippen LogP contribution in [-0.2, 0) is 16.6 Å². The Morgan fingerprint density at radius 1 is 1.39 bits per heavy atom. The second-order valence-electron chi connectivity index (χ2n) is 4.88. The number of aliphatic hydroxyl groups is 1. The fraction of sp³-hybridized carbons (Fsp3) is 0.538. The topological polar surface area (TPSA) is 57.6 Å². The predicted molar refractivity (Wildman–Crippen MR) is 69.5 cm³/mol. The quantitative estimate of drug-likeness (QED) is 0.906. The highest BCUT2D eigenvalue weighted by molar-refractivity contribution is 7.89. The molecular formula is C13H19NO3S. The van der Waals surface area contributed by atoms with Crippen LogP contribution in [0.2, 0.25) is 0 Å². The first-order valence-corrected chi connectivity index (χ1v) is 7.68. The van der Waals surface area contributed by atoms with Gasteiger partial charge >= 0.3 is 0 Å². The molecule has 2 rings (SSSR count). The summed E-state index contributed by atoms with van der Waals surface area (Å²) in [6, 6.07) is 6.66. The number of nitrogens with zero attached hydrogens (tertiary/aromatic N) is 1. The molecule has 0 bridgehead atoms. The Morgan fingerprint density at radius 3 is 2.78 bits per heavy atom. The number of hydrogen-bond donors (Lipinski definition) is 1. The Balaban J connectivity index is 2.35. The minimum Gasteiger partial charge on any atom is -0.392 e. The standard InChI is InChI=1S/C13H19NO3S/c1-11-5-4-8-14(9-11)18(16,17)13-7-3-2-6-12(13)10-15/h2-3,6-7,11,15H,4-5,8-10H2,1H3. The maximum absolute atomic E-state index is 12.5. The average molecular weight is 269 g/mol. The maximum Gasteiger partial charge on any atom is 0.243 e. The Morgan fingerprint density at radius 2 is 2.11 bits per heavy atom. The van der Waals surface area contributed by atoms with E-state index < -0.39 is 10.0 Å². The fourth-order valence-electron chi connectivity index (χ4n) is 2.39. The van der Waals surface area contributed by atoms with E-state index in [1.54, 1.807) is 24.3 Å². The first kappa shape index (κ1) is 13.5. The van der Waals surface area contributed by atoms with Crippen molar-refractivity contribution in [1.29, 1.82) is 0 Å². The summed E-state index contributed by atoms with van der Waals surface area (Å²) in [7, 11) is -3.46. The van der Waals surface area contributed by atoms with Gasteiger partial charge in [-0.3, -0.25) is 0 Å². The van der Waals surface area contributed by atoms with E-state index >= 15 is 0 Å². The molecule has 1 aliphatic rings. The van der Waals surface area contributed by atoms with E-state index in [2.05, 4.69) is 6.92 Å². The molecule has 0 spiro atoms. The van der Waals surface area contributed by atoms with Crippen molar-refractivity contribution in [2.24, 2.45) is 5.92 Å². The smallest absolute Gasteiger partial charge is 0.243 e. The van der Waals surface area contributed by atoms with Gasteiger partial charge in [0, 0.05) is 13.1 Å². The van der Waals surface area contributed by atoms with Crippen molar-refractivity contribution < 1.29 is 13.5 Å². The summed E-state index contributed by atoms with van der Waals surface area (Å²) >= 11 is 0. The molecule has 1 aromatic carbocycles. The molecule has 0 amide bonds. The molecule has 1 atom stereocenters. The van der Waals surface area contributed by atoms with Crippen LogP contribution < -0.4 is 0 Å². The minimum atomic E-state index is -3.46. The van der Waals surface area contributed by atoms with Crippen LogP contribution in [-0.4, -0.2) is 30.9 Å². The van der Waals surface area contributed by atoms with Crippen LogP contribution in [0.25, 0.3) is 0 Å². The molecule has 4 nitrogen and oxygen atoms in total. The lowest BCUT2D eigenvalue weighted by Gasteiger charge is -2.30. The zero-order valence-corrected chi connectivity index (χ0v) is 11.4. The lowest BCUT2D eigenvalue weighted by molar-refractivity contribution is 0.272. The van der Waals surface area contributed by atoms with E-state index in [1.807, 2.05) is 0 Å². The van der Waals surface area contributed by atoms with Crippen molar-refractivity contribution in [3.63, 3.8) is 0 Å². The van der Waals surface area contributed by atoms with Crippen molar-refractivity contribution in [3.8, 4) is 0 Å². The molecule has 0 aliphatic carbocycles. The molecule has 1 heterocycles. The lowest BCUT2D eigenvalue weighted by atomic mass is 10.0. The summed E-state index contributed by atoms with van der Waals surface area (Å²) in [4.78, 5) is 0.238. The summed E-state index contributed by atoms with van der Waals surface area (Å²) in [6.07, 6.45) is 1.98. The Bertz CT molecular complexity index is 513. The highest BCUT2D eigenvalue weighted by atomic mass is 32.2. The van der Waals surface area contributed by atoms with E-state index in [4.69, 9.17) is 0 Å². The molecule has 0 aromatic heterocycles. The van der Waals surface area contributed by atoms with Gasteiger partial charge in [-0.15, -0.1) is 0 Å². The van der Waals surface area contributed by atoms with Crippen LogP contribution >= 0.6 is 0 Å². The zero-order valence-electron chi connectivity index (χ0n) is 10.5. The molecule has 1 aromatic rings. The van der Waals surface area contributed by atoms with Gasteiger partial charge < -0.3 is 5.11 Å². The van der Waals surface area contributed by atoms with Gasteiger partial charge in [-0.2, -0.15) is 4.31 Å². The van der Waals surface area contributed by atoms with Crippen molar-refractivity contribution in [2.45, 2.75) is 31.3 Å². The summed E-state index contributed by atoms with van der Waals surface area (Å²) in [5.41, 5.74) is 0.468. The van der Waals surface area contributed by atoms with Crippen molar-refractivity contribution >= 4 is 10.0 Å². The van der Waals surface area contributed by atoms with Crippen LogP contribution in [0.3, 0.4) is 0 Å². The minimum absolute atomic E-state index is 0.238. The van der Waals surface area contributed by atoms with E-state index in [0.29, 0.717) is 24.6 Å². The van der Waals surface area contributed by atoms with E-state index in [-0.39, 0.29) is 11.5 Å². The Labute approximate surface area is 108 Å². The number of hydrogen-bond acceptors (Lipinski definition) is 3. The third-order valence-electron chi connectivity index (χ3n) is 3.38. The molecule has 18 heavy (non-hydrogen) atoms. The van der Waals surface area contributed by atoms with Gasteiger partial charge in [0.2, 0.25) is 10.0 Å². The second-order valence-corrected chi connectivity index (χ2v) is 6.78. The van der Waals surface area contributed by atoms with Crippen LogP contribution in [0.15, 0.2) is 29.2 Å². The maximum atomic E-state index is 12.5. The molecule has 1 N–H and O–H groups in total. The van der Waals surface area contributed by atoms with Crippen molar-refractivity contribution in [3.05, 3.63) is 29.8 Å². The molecule has 5 heteroatoms. The Hall–Kier alpha value is -0.910. The normalized spacial score (nSPS) is 22.0. The molecule has 0 radical (unpaired) electrons. The van der Waals surface area contributed by atoms with E-state index in [1.165, 1.54) is 4.31 Å². The molecular weight excluding hydrogens is 250 g/mol. The molecule has 1 unspecified atom stereocenters. The largest absolute Gasteiger partial charge is 0.392 e. The first-order chi connectivity index (χ1) is 8.55. The molecule has 100 valence electrons. The number of aliphatic hydroxyl groups excluding tert-OH is 1. The van der Waals surface area contributed by atoms with Gasteiger partial charge in [0.1, 0.15) is 0 Å². The van der Waals surface area contributed by atoms with Gasteiger partial charge in [0.05, 0.1) is 11.5 Å². The van der Waals surface area contributed by atoms with Crippen LogP contribution in [0.1, 0.15) is 25.3 Å².